The first kappa shape index (κ1) is 12.2. The maximum Gasteiger partial charge on any atom is 0.454 e. The fourth-order valence-corrected chi connectivity index (χ4v) is 1.94. The molecule has 0 fully saturated rings. The monoisotopic (exact) mass is 305 g/mol. The van der Waals surface area contributed by atoms with Crippen LogP contribution in [0.4, 0.5) is 13.2 Å². The minimum absolute atomic E-state index is 0.268. The molecule has 2 rings (SSSR count). The van der Waals surface area contributed by atoms with E-state index in [1.54, 1.807) is 6.07 Å². The summed E-state index contributed by atoms with van der Waals surface area (Å²) in [5.41, 5.74) is 1.04. The zero-order chi connectivity index (χ0) is 12.8. The van der Waals surface area contributed by atoms with E-state index in [1.165, 1.54) is 6.07 Å². The van der Waals surface area contributed by atoms with E-state index in [0.29, 0.717) is 9.99 Å². The van der Waals surface area contributed by atoms with E-state index in [2.05, 4.69) is 20.9 Å². The van der Waals surface area contributed by atoms with Crippen LogP contribution in [0.25, 0.3) is 10.9 Å². The van der Waals surface area contributed by atoms with Crippen molar-refractivity contribution in [2.24, 2.45) is 0 Å². The normalized spacial score (nSPS) is 12.1. The predicted molar refractivity (Wildman–Crippen MR) is 61.1 cm³/mol. The molecule has 1 N–H and O–H groups in total. The number of Topliss-reactive ketones (excluding diaryl/α,β-unsaturated/α-hetero) is 1. The van der Waals surface area contributed by atoms with Gasteiger partial charge in [0.2, 0.25) is 0 Å². The van der Waals surface area contributed by atoms with E-state index in [4.69, 9.17) is 0 Å². The molecule has 0 atom stereocenters. The fourth-order valence-electron chi connectivity index (χ4n) is 1.59. The lowest BCUT2D eigenvalue weighted by molar-refractivity contribution is -0.0884. The van der Waals surface area contributed by atoms with Crippen LogP contribution < -0.4 is 0 Å². The molecule has 0 radical (unpaired) electrons. The summed E-state index contributed by atoms with van der Waals surface area (Å²) in [6, 6.07) is 3.20. The molecule has 90 valence electrons. The van der Waals surface area contributed by atoms with Gasteiger partial charge in [-0.1, -0.05) is 15.9 Å². The van der Waals surface area contributed by atoms with Gasteiger partial charge in [-0.2, -0.15) is 13.2 Å². The Morgan fingerprint density at radius 2 is 2.00 bits per heavy atom. The third kappa shape index (κ3) is 2.09. The summed E-state index contributed by atoms with van der Waals surface area (Å²) in [7, 11) is 0. The van der Waals surface area contributed by atoms with E-state index in [-0.39, 0.29) is 10.9 Å². The summed E-state index contributed by atoms with van der Waals surface area (Å²) >= 11 is 3.23. The Morgan fingerprint density at radius 1 is 1.35 bits per heavy atom. The van der Waals surface area contributed by atoms with Gasteiger partial charge in [-0.25, -0.2) is 0 Å². The Morgan fingerprint density at radius 3 is 2.59 bits per heavy atom. The number of H-pyrrole nitrogens is 1. The van der Waals surface area contributed by atoms with Gasteiger partial charge >= 0.3 is 6.18 Å². The topological polar surface area (TPSA) is 32.9 Å². The molecular formula is C11H7BrF3NO. The van der Waals surface area contributed by atoms with Crippen molar-refractivity contribution < 1.29 is 18.0 Å². The summed E-state index contributed by atoms with van der Waals surface area (Å²) in [6.07, 6.45) is -3.77. The van der Waals surface area contributed by atoms with Crippen molar-refractivity contribution >= 4 is 32.6 Å². The molecule has 17 heavy (non-hydrogen) atoms. The average Bonchev–Trinajstić information content (AvgIpc) is 2.59. The molecule has 0 unspecified atom stereocenters. The highest BCUT2D eigenvalue weighted by Crippen LogP contribution is 2.30. The molecule has 1 heterocycles. The molecule has 0 aliphatic rings. The average molecular weight is 306 g/mol. The number of carbonyl (C=O) groups excluding carboxylic acids is 1. The van der Waals surface area contributed by atoms with E-state index >= 15 is 0 Å². The van der Waals surface area contributed by atoms with Crippen molar-refractivity contribution in [3.8, 4) is 0 Å². The first-order valence-electron chi connectivity index (χ1n) is 4.69. The number of benzene rings is 1. The lowest BCUT2D eigenvalue weighted by Crippen LogP contribution is -2.22. The molecule has 0 saturated carbocycles. The number of aromatic nitrogens is 1. The molecule has 0 bridgehead atoms. The molecule has 6 heteroatoms. The van der Waals surface area contributed by atoms with Crippen LogP contribution in [-0.2, 0) is 0 Å². The number of nitrogens with one attached hydrogen (secondary N) is 1. The first-order valence-corrected chi connectivity index (χ1v) is 5.49. The molecule has 2 aromatic rings. The van der Waals surface area contributed by atoms with E-state index in [9.17, 15) is 18.0 Å². The lowest BCUT2D eigenvalue weighted by atomic mass is 10.1. The Balaban J connectivity index is 2.65. The Labute approximate surface area is 103 Å². The number of fused-ring (bicyclic) bond motifs is 1. The number of rotatable bonds is 1. The second kappa shape index (κ2) is 3.87. The zero-order valence-corrected chi connectivity index (χ0v) is 10.2. The molecule has 0 aliphatic carbocycles. The third-order valence-corrected chi connectivity index (χ3v) is 3.32. The van der Waals surface area contributed by atoms with Gasteiger partial charge in [-0.3, -0.25) is 4.79 Å². The number of aromatic amines is 1. The Bertz CT molecular complexity index is 601. The van der Waals surface area contributed by atoms with Crippen LogP contribution in [0.3, 0.4) is 0 Å². The SMILES string of the molecule is Cc1cc2[nH]cc(C(=O)C(F)(F)F)c2cc1Br. The van der Waals surface area contributed by atoms with Gasteiger partial charge in [0.15, 0.2) is 0 Å². The number of hydrogen-bond acceptors (Lipinski definition) is 1. The van der Waals surface area contributed by atoms with Crippen molar-refractivity contribution in [1.82, 2.24) is 4.98 Å². The molecule has 1 aromatic heterocycles. The van der Waals surface area contributed by atoms with Gasteiger partial charge in [0, 0.05) is 21.6 Å². The van der Waals surface area contributed by atoms with Crippen LogP contribution in [0.15, 0.2) is 22.8 Å². The van der Waals surface area contributed by atoms with E-state index in [0.717, 1.165) is 11.8 Å². The highest BCUT2D eigenvalue weighted by Gasteiger charge is 2.40. The van der Waals surface area contributed by atoms with Crippen LogP contribution in [0.1, 0.15) is 15.9 Å². The number of hydrogen-bond donors (Lipinski definition) is 1. The second-order valence-corrected chi connectivity index (χ2v) is 4.53. The highest BCUT2D eigenvalue weighted by atomic mass is 79.9. The minimum atomic E-state index is -4.85. The van der Waals surface area contributed by atoms with Crippen LogP contribution in [-0.4, -0.2) is 16.9 Å². The van der Waals surface area contributed by atoms with Crippen molar-refractivity contribution in [2.75, 3.05) is 0 Å². The van der Waals surface area contributed by atoms with Crippen LogP contribution >= 0.6 is 15.9 Å². The third-order valence-electron chi connectivity index (χ3n) is 2.46. The molecular weight excluding hydrogens is 299 g/mol. The van der Waals surface area contributed by atoms with E-state index < -0.39 is 12.0 Å². The van der Waals surface area contributed by atoms with Gasteiger partial charge in [0.25, 0.3) is 5.78 Å². The van der Waals surface area contributed by atoms with E-state index in [1.807, 2.05) is 6.92 Å². The summed E-state index contributed by atoms with van der Waals surface area (Å²) in [4.78, 5) is 13.8. The molecule has 2 nitrogen and oxygen atoms in total. The lowest BCUT2D eigenvalue weighted by Gasteiger charge is -2.04. The first-order chi connectivity index (χ1) is 7.80. The zero-order valence-electron chi connectivity index (χ0n) is 8.65. The van der Waals surface area contributed by atoms with Gasteiger partial charge < -0.3 is 4.98 Å². The van der Waals surface area contributed by atoms with Gasteiger partial charge in [0.1, 0.15) is 0 Å². The summed E-state index contributed by atoms with van der Waals surface area (Å²) in [5.74, 6) is -1.83. The molecule has 0 spiro atoms. The molecule has 0 aliphatic heterocycles. The number of carbonyl (C=O) groups is 1. The Kier molecular flexibility index (Phi) is 2.77. The maximum atomic E-state index is 12.3. The molecule has 0 saturated heterocycles. The summed E-state index contributed by atoms with van der Waals surface area (Å²) < 4.78 is 37.7. The van der Waals surface area contributed by atoms with Gasteiger partial charge in [-0.15, -0.1) is 0 Å². The van der Waals surface area contributed by atoms with Crippen molar-refractivity contribution in [3.63, 3.8) is 0 Å². The van der Waals surface area contributed by atoms with Crippen molar-refractivity contribution in [2.45, 2.75) is 13.1 Å². The van der Waals surface area contributed by atoms with Crippen LogP contribution in [0.2, 0.25) is 0 Å². The summed E-state index contributed by atoms with van der Waals surface area (Å²) in [6.45, 7) is 1.82. The van der Waals surface area contributed by atoms with Crippen molar-refractivity contribution in [3.05, 3.63) is 33.9 Å². The quantitative estimate of drug-likeness (QED) is 0.794. The van der Waals surface area contributed by atoms with Crippen molar-refractivity contribution in [1.29, 1.82) is 0 Å². The standard InChI is InChI=1S/C11H7BrF3NO/c1-5-2-9-6(3-8(5)12)7(4-16-9)10(17)11(13,14)15/h2-4,16H,1H3. The number of ketones is 1. The highest BCUT2D eigenvalue weighted by molar-refractivity contribution is 9.10. The Hall–Kier alpha value is -1.30. The smallest absolute Gasteiger partial charge is 0.360 e. The number of aryl methyl sites for hydroxylation is 1. The number of alkyl halides is 3. The second-order valence-electron chi connectivity index (χ2n) is 3.68. The van der Waals surface area contributed by atoms with Gasteiger partial charge in [-0.05, 0) is 24.6 Å². The number of halogens is 4. The van der Waals surface area contributed by atoms with Crippen LogP contribution in [0.5, 0.6) is 0 Å². The molecule has 0 amide bonds. The largest absolute Gasteiger partial charge is 0.454 e. The predicted octanol–water partition coefficient (Wildman–Crippen LogP) is 3.98. The fraction of sp³-hybridized carbons (Fsp3) is 0.182. The molecule has 1 aromatic carbocycles. The minimum Gasteiger partial charge on any atom is -0.360 e. The van der Waals surface area contributed by atoms with Crippen LogP contribution in [0, 0.1) is 6.92 Å². The van der Waals surface area contributed by atoms with Gasteiger partial charge in [0.05, 0.1) is 5.56 Å². The maximum absolute atomic E-state index is 12.3. The summed E-state index contributed by atoms with van der Waals surface area (Å²) in [5, 5.41) is 0.268.